The van der Waals surface area contributed by atoms with Crippen LogP contribution in [0.25, 0.3) is 0 Å². The van der Waals surface area contributed by atoms with Crippen LogP contribution in [0.4, 0.5) is 5.69 Å². The molecule has 1 amide bonds. The van der Waals surface area contributed by atoms with Crippen LogP contribution in [0.1, 0.15) is 30.3 Å². The van der Waals surface area contributed by atoms with Crippen molar-refractivity contribution < 1.29 is 19.1 Å². The van der Waals surface area contributed by atoms with Crippen LogP contribution in [0.3, 0.4) is 0 Å². The molecule has 0 bridgehead atoms. The van der Waals surface area contributed by atoms with E-state index in [4.69, 9.17) is 9.47 Å². The van der Waals surface area contributed by atoms with Crippen LogP contribution in [0, 0.1) is 5.41 Å². The lowest BCUT2D eigenvalue weighted by Crippen LogP contribution is -2.47. The highest BCUT2D eigenvalue weighted by molar-refractivity contribution is 5.97. The minimum atomic E-state index is -0.528. The van der Waals surface area contributed by atoms with E-state index < -0.39 is 11.4 Å². The first-order valence-corrected chi connectivity index (χ1v) is 7.87. The summed E-state index contributed by atoms with van der Waals surface area (Å²) in [7, 11) is 3.36. The number of carbonyl (C=O) groups is 2. The zero-order valence-corrected chi connectivity index (χ0v) is 14.0. The Morgan fingerprint density at radius 3 is 2.70 bits per heavy atom. The maximum absolute atomic E-state index is 12.8. The molecule has 2 rings (SSSR count). The van der Waals surface area contributed by atoms with Gasteiger partial charge in [0.1, 0.15) is 5.69 Å². The van der Waals surface area contributed by atoms with Crippen molar-refractivity contribution in [2.45, 2.75) is 19.8 Å². The second-order valence-corrected chi connectivity index (χ2v) is 5.86. The van der Waals surface area contributed by atoms with Crippen LogP contribution in [0.5, 0.6) is 0 Å². The first-order valence-electron chi connectivity index (χ1n) is 7.87. The lowest BCUT2D eigenvalue weighted by molar-refractivity contribution is -0.130. The summed E-state index contributed by atoms with van der Waals surface area (Å²) in [5.41, 5.74) is 0.475. The van der Waals surface area contributed by atoms with Crippen molar-refractivity contribution in [2.75, 3.05) is 38.7 Å². The molecule has 1 saturated heterocycles. The molecule has 1 aliphatic heterocycles. The van der Waals surface area contributed by atoms with Crippen LogP contribution >= 0.6 is 0 Å². The van der Waals surface area contributed by atoms with E-state index in [2.05, 4.69) is 10.6 Å². The fourth-order valence-electron chi connectivity index (χ4n) is 2.92. The van der Waals surface area contributed by atoms with Crippen LogP contribution in [0.2, 0.25) is 0 Å². The highest BCUT2D eigenvalue weighted by atomic mass is 16.5. The van der Waals surface area contributed by atoms with Crippen LogP contribution < -0.4 is 10.6 Å². The molecule has 2 N–H and O–H groups in total. The normalized spacial score (nSPS) is 16.8. The van der Waals surface area contributed by atoms with Gasteiger partial charge in [-0.05, 0) is 38.9 Å². The molecule has 0 unspecified atom stereocenters. The molecule has 1 aromatic rings. The van der Waals surface area contributed by atoms with E-state index >= 15 is 0 Å². The monoisotopic (exact) mass is 323 g/mol. The third kappa shape index (κ3) is 3.92. The van der Waals surface area contributed by atoms with Gasteiger partial charge in [-0.3, -0.25) is 4.79 Å². The van der Waals surface area contributed by atoms with E-state index in [1.54, 1.807) is 37.9 Å². The average Bonchev–Trinajstić information content (AvgIpc) is 2.89. The predicted octanol–water partition coefficient (Wildman–Crippen LogP) is 1.16. The van der Waals surface area contributed by atoms with Gasteiger partial charge in [-0.15, -0.1) is 0 Å². The molecule has 0 atom stereocenters. The summed E-state index contributed by atoms with van der Waals surface area (Å²) in [6, 6.07) is 1.64. The summed E-state index contributed by atoms with van der Waals surface area (Å²) in [6.07, 6.45) is 3.17. The second-order valence-electron chi connectivity index (χ2n) is 5.86. The van der Waals surface area contributed by atoms with Gasteiger partial charge in [-0.25, -0.2) is 4.79 Å². The van der Waals surface area contributed by atoms with Crippen molar-refractivity contribution in [3.05, 3.63) is 18.0 Å². The van der Waals surface area contributed by atoms with Crippen LogP contribution in [-0.4, -0.2) is 49.9 Å². The van der Waals surface area contributed by atoms with E-state index in [-0.39, 0.29) is 5.91 Å². The second kappa shape index (κ2) is 7.61. The zero-order valence-electron chi connectivity index (χ0n) is 14.0. The minimum Gasteiger partial charge on any atom is -0.461 e. The van der Waals surface area contributed by atoms with Crippen LogP contribution in [-0.2, 0) is 21.3 Å². The minimum absolute atomic E-state index is 0.0677. The Morgan fingerprint density at radius 2 is 2.09 bits per heavy atom. The number of hydrogen-bond acceptors (Lipinski definition) is 5. The maximum Gasteiger partial charge on any atom is 0.355 e. The summed E-state index contributed by atoms with van der Waals surface area (Å²) >= 11 is 0. The lowest BCUT2D eigenvalue weighted by atomic mass is 9.78. The van der Waals surface area contributed by atoms with E-state index in [1.807, 2.05) is 0 Å². The Balaban J connectivity index is 2.12. The van der Waals surface area contributed by atoms with Gasteiger partial charge in [0, 0.05) is 20.4 Å². The average molecular weight is 323 g/mol. The number of piperidine rings is 1. The molecular weight excluding hydrogens is 298 g/mol. The van der Waals surface area contributed by atoms with Crippen LogP contribution in [0.15, 0.2) is 12.3 Å². The van der Waals surface area contributed by atoms with Crippen molar-refractivity contribution in [1.29, 1.82) is 0 Å². The molecule has 23 heavy (non-hydrogen) atoms. The highest BCUT2D eigenvalue weighted by Gasteiger charge is 2.39. The number of nitrogens with zero attached hydrogens (tertiary/aromatic N) is 1. The number of hydrogen-bond donors (Lipinski definition) is 2. The molecule has 2 heterocycles. The Labute approximate surface area is 136 Å². The molecule has 1 fully saturated rings. The predicted molar refractivity (Wildman–Crippen MR) is 86.4 cm³/mol. The standard InChI is InChI=1S/C16H25N3O4/c1-4-23-14(20)13-9-12(10-19(13)2)18-15(21)16(11-22-3)5-7-17-8-6-16/h9-10,17H,4-8,11H2,1-3H3,(H,18,21). The largest absolute Gasteiger partial charge is 0.461 e. The summed E-state index contributed by atoms with van der Waals surface area (Å²) in [5, 5.41) is 6.18. The molecule has 1 aromatic heterocycles. The third-order valence-corrected chi connectivity index (χ3v) is 4.21. The number of nitrogens with one attached hydrogen (secondary N) is 2. The number of methoxy groups -OCH3 is 1. The number of aromatic nitrogens is 1. The first kappa shape index (κ1) is 17.5. The molecule has 7 nitrogen and oxygen atoms in total. The van der Waals surface area contributed by atoms with Crippen molar-refractivity contribution >= 4 is 17.6 Å². The Bertz CT molecular complexity index is 556. The maximum atomic E-state index is 12.8. The van der Waals surface area contributed by atoms with Crippen molar-refractivity contribution in [3.63, 3.8) is 0 Å². The van der Waals surface area contributed by atoms with Gasteiger partial charge in [0.05, 0.1) is 24.3 Å². The zero-order chi connectivity index (χ0) is 16.9. The first-order chi connectivity index (χ1) is 11.0. The number of carbonyl (C=O) groups excluding carboxylic acids is 2. The summed E-state index contributed by atoms with van der Waals surface area (Å²) in [5.74, 6) is -0.467. The quantitative estimate of drug-likeness (QED) is 0.768. The topological polar surface area (TPSA) is 81.6 Å². The summed E-state index contributed by atoms with van der Waals surface area (Å²) in [6.45, 7) is 4.04. The lowest BCUT2D eigenvalue weighted by Gasteiger charge is -2.35. The molecule has 7 heteroatoms. The third-order valence-electron chi connectivity index (χ3n) is 4.21. The molecule has 0 radical (unpaired) electrons. The number of rotatable bonds is 6. The van der Waals surface area contributed by atoms with E-state index in [0.717, 1.165) is 25.9 Å². The van der Waals surface area contributed by atoms with Gasteiger partial charge in [0.15, 0.2) is 0 Å². The highest BCUT2D eigenvalue weighted by Crippen LogP contribution is 2.31. The molecular formula is C16H25N3O4. The molecule has 128 valence electrons. The van der Waals surface area contributed by atoms with Gasteiger partial charge in [-0.2, -0.15) is 0 Å². The Hall–Kier alpha value is -1.86. The van der Waals surface area contributed by atoms with Gasteiger partial charge in [0.2, 0.25) is 5.91 Å². The van der Waals surface area contributed by atoms with Crippen molar-refractivity contribution in [2.24, 2.45) is 12.5 Å². The fourth-order valence-corrected chi connectivity index (χ4v) is 2.92. The SMILES string of the molecule is CCOC(=O)c1cc(NC(=O)C2(COC)CCNCC2)cn1C. The molecule has 0 saturated carbocycles. The number of aryl methyl sites for hydroxylation is 1. The number of ether oxygens (including phenoxy) is 2. The van der Waals surface area contributed by atoms with Gasteiger partial charge < -0.3 is 24.7 Å². The fraction of sp³-hybridized carbons (Fsp3) is 0.625. The Kier molecular flexibility index (Phi) is 5.79. The van der Waals surface area contributed by atoms with E-state index in [0.29, 0.717) is 24.6 Å². The van der Waals surface area contributed by atoms with E-state index in [9.17, 15) is 9.59 Å². The molecule has 1 aliphatic rings. The van der Waals surface area contributed by atoms with Gasteiger partial charge >= 0.3 is 5.97 Å². The van der Waals surface area contributed by atoms with Gasteiger partial charge in [0.25, 0.3) is 0 Å². The summed E-state index contributed by atoms with van der Waals surface area (Å²) in [4.78, 5) is 24.6. The number of esters is 1. The molecule has 0 spiro atoms. The van der Waals surface area contributed by atoms with Crippen molar-refractivity contribution in [1.82, 2.24) is 9.88 Å². The molecule has 0 aliphatic carbocycles. The van der Waals surface area contributed by atoms with Gasteiger partial charge in [-0.1, -0.05) is 0 Å². The molecule has 0 aromatic carbocycles. The number of anilines is 1. The summed E-state index contributed by atoms with van der Waals surface area (Å²) < 4.78 is 11.9. The number of amides is 1. The Morgan fingerprint density at radius 1 is 1.39 bits per heavy atom. The van der Waals surface area contributed by atoms with E-state index in [1.165, 1.54) is 0 Å². The smallest absolute Gasteiger partial charge is 0.355 e. The van der Waals surface area contributed by atoms with Crippen molar-refractivity contribution in [3.8, 4) is 0 Å².